The van der Waals surface area contributed by atoms with Crippen LogP contribution >= 0.6 is 12.4 Å². The first kappa shape index (κ1) is 20.6. The molecule has 150 valence electrons. The normalized spacial score (nSPS) is 20.2. The van der Waals surface area contributed by atoms with Crippen molar-refractivity contribution in [2.24, 2.45) is 11.7 Å². The number of hydrogen-bond donors (Lipinski definition) is 1. The number of carbonyl (C=O) groups is 2. The molecule has 4 rings (SSSR count). The molecule has 2 fully saturated rings. The molecule has 28 heavy (non-hydrogen) atoms. The molecule has 2 aliphatic rings. The molecule has 2 amide bonds. The number of nitrogens with two attached hydrogens (primary N) is 1. The molecule has 0 saturated carbocycles. The van der Waals surface area contributed by atoms with E-state index in [9.17, 15) is 9.59 Å². The summed E-state index contributed by atoms with van der Waals surface area (Å²) in [6, 6.07) is 14.0. The van der Waals surface area contributed by atoms with Crippen molar-refractivity contribution in [2.75, 3.05) is 26.2 Å². The number of piperidine rings is 1. The number of amides is 2. The highest BCUT2D eigenvalue weighted by Crippen LogP contribution is 2.27. The fraction of sp³-hybridized carbons (Fsp3) is 0.455. The van der Waals surface area contributed by atoms with Crippen LogP contribution in [0.25, 0.3) is 10.8 Å². The number of hydrogen-bond acceptors (Lipinski definition) is 3. The van der Waals surface area contributed by atoms with Crippen LogP contribution in [0.15, 0.2) is 42.5 Å². The van der Waals surface area contributed by atoms with E-state index in [0.717, 1.165) is 48.6 Å². The third kappa shape index (κ3) is 3.87. The van der Waals surface area contributed by atoms with E-state index in [2.05, 4.69) is 0 Å². The van der Waals surface area contributed by atoms with Gasteiger partial charge in [-0.1, -0.05) is 36.4 Å². The first-order valence-corrected chi connectivity index (χ1v) is 9.96. The van der Waals surface area contributed by atoms with E-state index in [1.165, 1.54) is 0 Å². The number of fused-ring (bicyclic) bond motifs is 1. The van der Waals surface area contributed by atoms with Crippen molar-refractivity contribution in [1.29, 1.82) is 0 Å². The molecule has 2 aromatic rings. The van der Waals surface area contributed by atoms with Gasteiger partial charge in [0.2, 0.25) is 5.91 Å². The van der Waals surface area contributed by atoms with Crippen LogP contribution in [0.4, 0.5) is 0 Å². The maximum absolute atomic E-state index is 13.1. The smallest absolute Gasteiger partial charge is 0.254 e. The van der Waals surface area contributed by atoms with Gasteiger partial charge < -0.3 is 15.5 Å². The molecule has 2 N–H and O–H groups in total. The number of nitrogens with zero attached hydrogens (tertiary/aromatic N) is 2. The molecule has 1 atom stereocenters. The van der Waals surface area contributed by atoms with Gasteiger partial charge in [-0.15, -0.1) is 12.4 Å². The molecule has 5 nitrogen and oxygen atoms in total. The van der Waals surface area contributed by atoms with Gasteiger partial charge in [0, 0.05) is 43.7 Å². The van der Waals surface area contributed by atoms with Gasteiger partial charge in [0.1, 0.15) is 0 Å². The van der Waals surface area contributed by atoms with E-state index < -0.39 is 0 Å². The Morgan fingerprint density at radius 3 is 2.43 bits per heavy atom. The quantitative estimate of drug-likeness (QED) is 0.859. The lowest BCUT2D eigenvalue weighted by atomic mass is 9.94. The van der Waals surface area contributed by atoms with Crippen LogP contribution in [0.3, 0.4) is 0 Å². The summed E-state index contributed by atoms with van der Waals surface area (Å²) in [7, 11) is 0. The lowest BCUT2D eigenvalue weighted by Gasteiger charge is -2.35. The summed E-state index contributed by atoms with van der Waals surface area (Å²) in [5, 5.41) is 2.07. The summed E-state index contributed by atoms with van der Waals surface area (Å²) in [4.78, 5) is 29.8. The summed E-state index contributed by atoms with van der Waals surface area (Å²) >= 11 is 0. The second-order valence-corrected chi connectivity index (χ2v) is 7.66. The predicted octanol–water partition coefficient (Wildman–Crippen LogP) is 3.06. The Kier molecular flexibility index (Phi) is 6.57. The number of likely N-dealkylation sites (tertiary alicyclic amines) is 2. The Bertz CT molecular complexity index is 843. The molecule has 2 aromatic carbocycles. The predicted molar refractivity (Wildman–Crippen MR) is 114 cm³/mol. The number of benzene rings is 2. The monoisotopic (exact) mass is 401 g/mol. The van der Waals surface area contributed by atoms with Crippen molar-refractivity contribution in [3.63, 3.8) is 0 Å². The fourth-order valence-electron chi connectivity index (χ4n) is 4.52. The van der Waals surface area contributed by atoms with Crippen molar-refractivity contribution in [1.82, 2.24) is 9.80 Å². The molecule has 1 unspecified atom stereocenters. The molecular formula is C22H28ClN3O2. The van der Waals surface area contributed by atoms with Crippen molar-refractivity contribution in [3.05, 3.63) is 48.0 Å². The highest BCUT2D eigenvalue weighted by Gasteiger charge is 2.35. The average Bonchev–Trinajstić information content (AvgIpc) is 3.21. The van der Waals surface area contributed by atoms with Gasteiger partial charge in [-0.25, -0.2) is 0 Å². The summed E-state index contributed by atoms with van der Waals surface area (Å²) in [6.45, 7) is 2.65. The lowest BCUT2D eigenvalue weighted by molar-refractivity contribution is -0.137. The molecule has 0 spiro atoms. The van der Waals surface area contributed by atoms with E-state index in [4.69, 9.17) is 5.73 Å². The highest BCUT2D eigenvalue weighted by atomic mass is 35.5. The summed E-state index contributed by atoms with van der Waals surface area (Å²) in [6.07, 6.45) is 3.54. The molecule has 6 heteroatoms. The zero-order valence-corrected chi connectivity index (χ0v) is 16.9. The SMILES string of the molecule is Cl.NCC1CCCN1C(=O)C1CCN(C(=O)c2cccc3ccccc23)CC1. The van der Waals surface area contributed by atoms with Crippen LogP contribution in [0, 0.1) is 5.92 Å². The van der Waals surface area contributed by atoms with Crippen LogP contribution < -0.4 is 5.73 Å². The highest BCUT2D eigenvalue weighted by molar-refractivity contribution is 6.07. The van der Waals surface area contributed by atoms with Gasteiger partial charge in [-0.2, -0.15) is 0 Å². The number of rotatable bonds is 3. The van der Waals surface area contributed by atoms with Crippen molar-refractivity contribution >= 4 is 35.0 Å². The molecule has 2 saturated heterocycles. The maximum atomic E-state index is 13.1. The standard InChI is InChI=1S/C22H27N3O2.ClH/c23-15-18-7-4-12-25(18)21(26)17-10-13-24(14-11-17)22(27)20-9-3-6-16-5-1-2-8-19(16)20;/h1-3,5-6,8-9,17-18H,4,7,10-15,23H2;1H. The van der Waals surface area contributed by atoms with Gasteiger partial charge in [-0.05, 0) is 42.5 Å². The van der Waals surface area contributed by atoms with Crippen LogP contribution in [0.2, 0.25) is 0 Å². The second-order valence-electron chi connectivity index (χ2n) is 7.66. The maximum Gasteiger partial charge on any atom is 0.254 e. The van der Waals surface area contributed by atoms with E-state index in [1.54, 1.807) is 0 Å². The van der Waals surface area contributed by atoms with Crippen molar-refractivity contribution in [2.45, 2.75) is 31.7 Å². The zero-order chi connectivity index (χ0) is 18.8. The van der Waals surface area contributed by atoms with E-state index in [1.807, 2.05) is 52.3 Å². The minimum absolute atomic E-state index is 0. The van der Waals surface area contributed by atoms with Crippen molar-refractivity contribution in [3.8, 4) is 0 Å². The molecule has 0 bridgehead atoms. The van der Waals surface area contributed by atoms with Gasteiger partial charge in [0.25, 0.3) is 5.91 Å². The molecule has 2 aliphatic heterocycles. The molecule has 2 heterocycles. The largest absolute Gasteiger partial charge is 0.339 e. The minimum atomic E-state index is 0. The lowest BCUT2D eigenvalue weighted by Crippen LogP contribution is -2.47. The Hall–Kier alpha value is -2.11. The molecule has 0 aromatic heterocycles. The van der Waals surface area contributed by atoms with Gasteiger partial charge in [0.15, 0.2) is 0 Å². The Labute approximate surface area is 172 Å². The number of carbonyl (C=O) groups excluding carboxylic acids is 2. The Morgan fingerprint density at radius 1 is 0.964 bits per heavy atom. The van der Waals surface area contributed by atoms with E-state index in [-0.39, 0.29) is 36.2 Å². The molecule has 0 aliphatic carbocycles. The van der Waals surface area contributed by atoms with Gasteiger partial charge in [0.05, 0.1) is 0 Å². The van der Waals surface area contributed by atoms with Crippen LogP contribution in [-0.4, -0.2) is 53.8 Å². The van der Waals surface area contributed by atoms with Crippen LogP contribution in [0.5, 0.6) is 0 Å². The Balaban J connectivity index is 0.00000225. The summed E-state index contributed by atoms with van der Waals surface area (Å²) in [5.41, 5.74) is 6.57. The summed E-state index contributed by atoms with van der Waals surface area (Å²) in [5.74, 6) is 0.327. The van der Waals surface area contributed by atoms with Crippen LogP contribution in [-0.2, 0) is 4.79 Å². The third-order valence-electron chi connectivity index (χ3n) is 6.08. The van der Waals surface area contributed by atoms with Gasteiger partial charge >= 0.3 is 0 Å². The van der Waals surface area contributed by atoms with E-state index in [0.29, 0.717) is 19.6 Å². The Morgan fingerprint density at radius 2 is 1.68 bits per heavy atom. The minimum Gasteiger partial charge on any atom is -0.339 e. The topological polar surface area (TPSA) is 66.6 Å². The molecule has 0 radical (unpaired) electrons. The van der Waals surface area contributed by atoms with E-state index >= 15 is 0 Å². The second kappa shape index (κ2) is 8.93. The fourth-order valence-corrected chi connectivity index (χ4v) is 4.52. The number of halogens is 1. The third-order valence-corrected chi connectivity index (χ3v) is 6.08. The van der Waals surface area contributed by atoms with Gasteiger partial charge in [-0.3, -0.25) is 9.59 Å². The first-order chi connectivity index (χ1) is 13.2. The van der Waals surface area contributed by atoms with Crippen LogP contribution in [0.1, 0.15) is 36.0 Å². The van der Waals surface area contributed by atoms with Crippen molar-refractivity contribution < 1.29 is 9.59 Å². The summed E-state index contributed by atoms with van der Waals surface area (Å²) < 4.78 is 0. The zero-order valence-electron chi connectivity index (χ0n) is 16.0. The molecular weight excluding hydrogens is 374 g/mol. The first-order valence-electron chi connectivity index (χ1n) is 9.96. The average molecular weight is 402 g/mol.